The lowest BCUT2D eigenvalue weighted by Crippen LogP contribution is -2.36. The molecule has 0 aromatic heterocycles. The number of rotatable bonds is 45. The predicted octanol–water partition coefficient (Wildman–Crippen LogP) is 2.78. The predicted molar refractivity (Wildman–Crippen MR) is 337 cm³/mol. The van der Waals surface area contributed by atoms with Crippen LogP contribution in [0.4, 0.5) is 0 Å². The molecule has 3 aliphatic rings. The van der Waals surface area contributed by atoms with Crippen molar-refractivity contribution in [2.75, 3.05) is 98.8 Å². The van der Waals surface area contributed by atoms with Gasteiger partial charge in [-0.15, -0.1) is 35.3 Å². The van der Waals surface area contributed by atoms with Gasteiger partial charge in [-0.1, -0.05) is 19.3 Å². The number of thioether (sulfide) groups is 3. The first kappa shape index (κ1) is 79.8. The highest BCUT2D eigenvalue weighted by atomic mass is 32.2. The second-order valence-electron chi connectivity index (χ2n) is 22.2. The fourth-order valence-corrected chi connectivity index (χ4v) is 13.0. The highest BCUT2D eigenvalue weighted by Crippen LogP contribution is 2.28. The normalized spacial score (nSPS) is 17.5. The number of ketones is 6. The maximum atomic E-state index is 12.2. The number of carbonyl (C=O) groups is 15. The fourth-order valence-electron chi connectivity index (χ4n) is 9.35. The van der Waals surface area contributed by atoms with Gasteiger partial charge in [-0.2, -0.15) is 0 Å². The minimum absolute atomic E-state index is 0.00846. The topological polar surface area (TPSA) is 338 Å². The van der Waals surface area contributed by atoms with Crippen molar-refractivity contribution in [1.29, 1.82) is 0 Å². The monoisotopic (exact) mass is 1280 g/mol. The summed E-state index contributed by atoms with van der Waals surface area (Å²) in [5.74, 6) is -1.34. The fraction of sp³-hybridized carbons (Fsp3) is 0.750. The van der Waals surface area contributed by atoms with Crippen LogP contribution in [0.15, 0.2) is 0 Å². The third kappa shape index (κ3) is 34.4. The third-order valence-corrected chi connectivity index (χ3v) is 18.3. The van der Waals surface area contributed by atoms with Crippen molar-refractivity contribution in [3.63, 3.8) is 0 Å². The van der Waals surface area contributed by atoms with Crippen molar-refractivity contribution in [2.24, 2.45) is 17.8 Å². The molecule has 6 N–H and O–H groups in total. The number of likely N-dealkylation sites (N-methyl/N-ethyl adjacent to an activating group) is 3. The molecule has 24 nitrogen and oxygen atoms in total. The molecule has 0 aromatic carbocycles. The molecule has 3 fully saturated rings. The van der Waals surface area contributed by atoms with E-state index in [-0.39, 0.29) is 161 Å². The average molecular weight is 1280 g/mol. The van der Waals surface area contributed by atoms with E-state index < -0.39 is 17.8 Å². The Morgan fingerprint density at radius 2 is 0.621 bits per heavy atom. The van der Waals surface area contributed by atoms with Crippen LogP contribution in [0.25, 0.3) is 0 Å². The van der Waals surface area contributed by atoms with Crippen molar-refractivity contribution >= 4 is 123 Å². The van der Waals surface area contributed by atoms with Gasteiger partial charge in [-0.05, 0) is 97.7 Å². The first-order valence-corrected chi connectivity index (χ1v) is 33.5. The Bertz CT molecular complexity index is 2080. The number of amides is 9. The minimum Gasteiger partial charge on any atom is -0.355 e. The van der Waals surface area contributed by atoms with E-state index in [0.717, 1.165) is 55.8 Å². The van der Waals surface area contributed by atoms with E-state index in [0.29, 0.717) is 77.8 Å². The molecule has 0 bridgehead atoms. The number of carbonyl (C=O) groups excluding carboxylic acids is 15. The van der Waals surface area contributed by atoms with Crippen LogP contribution in [0.2, 0.25) is 0 Å². The van der Waals surface area contributed by atoms with E-state index in [1.807, 2.05) is 0 Å². The summed E-state index contributed by atoms with van der Waals surface area (Å²) >= 11 is 4.49. The van der Waals surface area contributed by atoms with E-state index in [9.17, 15) is 71.9 Å². The molecular weight excluding hydrogens is 1180 g/mol. The molecule has 6 atom stereocenters. The summed E-state index contributed by atoms with van der Waals surface area (Å²) in [5.41, 5.74) is 0. The van der Waals surface area contributed by atoms with Crippen LogP contribution in [0.1, 0.15) is 156 Å². The van der Waals surface area contributed by atoms with Crippen LogP contribution in [0, 0.1) is 17.8 Å². The summed E-state index contributed by atoms with van der Waals surface area (Å²) in [6, 6.07) is 0. The second kappa shape index (κ2) is 45.9. The Kier molecular flexibility index (Phi) is 42.1. The molecule has 3 rings (SSSR count). The van der Waals surface area contributed by atoms with Gasteiger partial charge in [0.15, 0.2) is 0 Å². The van der Waals surface area contributed by atoms with Crippen molar-refractivity contribution in [3.05, 3.63) is 0 Å². The first-order chi connectivity index (χ1) is 41.3. The van der Waals surface area contributed by atoms with Gasteiger partial charge in [0.05, 0.1) is 33.5 Å². The van der Waals surface area contributed by atoms with Crippen LogP contribution >= 0.6 is 35.3 Å². The van der Waals surface area contributed by atoms with Crippen LogP contribution in [0.5, 0.6) is 0 Å². The molecule has 27 heteroatoms. The van der Waals surface area contributed by atoms with Crippen molar-refractivity contribution in [1.82, 2.24) is 46.6 Å². The molecule has 3 heterocycles. The van der Waals surface area contributed by atoms with E-state index in [2.05, 4.69) is 31.9 Å². The highest BCUT2D eigenvalue weighted by molar-refractivity contribution is 8.01. The summed E-state index contributed by atoms with van der Waals surface area (Å²) in [4.78, 5) is 181. The zero-order valence-electron chi connectivity index (χ0n) is 52.9. The van der Waals surface area contributed by atoms with E-state index in [4.69, 9.17) is 0 Å². The second-order valence-corrected chi connectivity index (χ2v) is 26.1. The molecule has 3 aliphatic heterocycles. The maximum Gasteiger partial charge on any atom is 0.242 e. The SMILES string of the molecule is CNCCNC(=O)C(CC(C)=O)CC(=O)CCCCCSC1CC(=O)N(C)C1=O.CNCCNC(=O)C(CC(C)=O)CC(=O)CCCCCSC1CC(=O)N(C)C1=O.CNCCNC(=O)C(CC(C)=O)CC(=O)CCCCCSC1CC(=O)N(C)C1=O. The number of imide groups is 3. The Morgan fingerprint density at radius 3 is 0.816 bits per heavy atom. The molecule has 0 saturated carbocycles. The summed E-state index contributed by atoms with van der Waals surface area (Å²) in [5, 5.41) is 16.2. The molecule has 0 aromatic rings. The van der Waals surface area contributed by atoms with Gasteiger partial charge in [0.25, 0.3) is 0 Å². The van der Waals surface area contributed by atoms with Crippen LogP contribution in [-0.2, 0) is 71.9 Å². The summed E-state index contributed by atoms with van der Waals surface area (Å²) < 4.78 is 0. The summed E-state index contributed by atoms with van der Waals surface area (Å²) in [6.45, 7) is 7.54. The lowest BCUT2D eigenvalue weighted by atomic mass is 9.94. The number of hydrogen-bond donors (Lipinski definition) is 6. The third-order valence-electron chi connectivity index (χ3n) is 14.4. The molecule has 0 radical (unpaired) electrons. The van der Waals surface area contributed by atoms with Gasteiger partial charge < -0.3 is 46.3 Å². The standard InChI is InChI=1S/3C20H33N3O5S/c3*1-14(24)11-15(19(27)22-9-8-21-2)12-16(25)7-5-4-6-10-29-17-13-18(26)23(3)20(17)28/h3*15,17,21H,4-13H2,1-3H3,(H,22,27). The van der Waals surface area contributed by atoms with E-state index >= 15 is 0 Å². The highest BCUT2D eigenvalue weighted by Gasteiger charge is 2.38. The zero-order chi connectivity index (χ0) is 65.4. The molecular formula is C60H99N9O15S3. The Labute approximate surface area is 527 Å². The largest absolute Gasteiger partial charge is 0.355 e. The zero-order valence-corrected chi connectivity index (χ0v) is 55.3. The Balaban J connectivity index is 0.000000652. The molecule has 0 spiro atoms. The van der Waals surface area contributed by atoms with Gasteiger partial charge in [-0.25, -0.2) is 0 Å². The van der Waals surface area contributed by atoms with Gasteiger partial charge >= 0.3 is 0 Å². The minimum atomic E-state index is -0.602. The summed E-state index contributed by atoms with van der Waals surface area (Å²) in [7, 11) is 9.88. The number of unbranched alkanes of at least 4 members (excludes halogenated alkanes) is 6. The van der Waals surface area contributed by atoms with E-state index in [1.54, 1.807) is 21.1 Å². The number of hydrogen-bond acceptors (Lipinski definition) is 21. The van der Waals surface area contributed by atoms with Crippen LogP contribution in [0.3, 0.4) is 0 Å². The number of nitrogens with one attached hydrogen (secondary N) is 6. The average Bonchev–Trinajstić information content (AvgIpc) is 4.03. The molecule has 0 aliphatic carbocycles. The molecule has 6 unspecified atom stereocenters. The van der Waals surface area contributed by atoms with Gasteiger partial charge in [-0.3, -0.25) is 72.2 Å². The molecule has 9 amide bonds. The van der Waals surface area contributed by atoms with Crippen molar-refractivity contribution < 1.29 is 71.9 Å². The Morgan fingerprint density at radius 1 is 0.379 bits per heavy atom. The lowest BCUT2D eigenvalue weighted by Gasteiger charge is -2.15. The quantitative estimate of drug-likeness (QED) is 0.0377. The van der Waals surface area contributed by atoms with Gasteiger partial charge in [0.1, 0.15) is 34.7 Å². The molecule has 87 heavy (non-hydrogen) atoms. The maximum absolute atomic E-state index is 12.2. The molecule has 3 saturated heterocycles. The van der Waals surface area contributed by atoms with Crippen LogP contribution < -0.4 is 31.9 Å². The Hall–Kier alpha value is -5.22. The molecule has 492 valence electrons. The smallest absolute Gasteiger partial charge is 0.242 e. The number of likely N-dealkylation sites (tertiary alicyclic amines) is 3. The van der Waals surface area contributed by atoms with Crippen LogP contribution in [-0.4, -0.2) is 217 Å². The number of nitrogens with zero attached hydrogens (tertiary/aromatic N) is 3. The van der Waals surface area contributed by atoms with Crippen molar-refractivity contribution in [3.8, 4) is 0 Å². The van der Waals surface area contributed by atoms with Gasteiger partial charge in [0.2, 0.25) is 53.2 Å². The number of Topliss-reactive ketones (excluding diaryl/α,β-unsaturated/α-hetero) is 6. The van der Waals surface area contributed by atoms with Crippen molar-refractivity contribution in [2.45, 2.75) is 171 Å². The summed E-state index contributed by atoms with van der Waals surface area (Å²) in [6.07, 6.45) is 9.71. The van der Waals surface area contributed by atoms with Gasteiger partial charge in [0, 0.05) is 137 Å². The lowest BCUT2D eigenvalue weighted by molar-refractivity contribution is -0.138. The van der Waals surface area contributed by atoms with E-state index in [1.165, 1.54) is 91.9 Å². The first-order valence-electron chi connectivity index (χ1n) is 30.3.